The van der Waals surface area contributed by atoms with Crippen LogP contribution in [0.25, 0.3) is 6.08 Å². The van der Waals surface area contributed by atoms with Gasteiger partial charge in [0.25, 0.3) is 0 Å². The maximum atomic E-state index is 5.13. The van der Waals surface area contributed by atoms with Crippen molar-refractivity contribution in [3.05, 3.63) is 29.8 Å². The minimum absolute atomic E-state index is 0.834. The van der Waals surface area contributed by atoms with Crippen LogP contribution in [0.4, 0.5) is 5.69 Å². The largest absolute Gasteiger partial charge is 0.497 e. The number of allylic oxidation sites excluding steroid dienone is 1. The zero-order valence-corrected chi connectivity index (χ0v) is 7.84. The van der Waals surface area contributed by atoms with Gasteiger partial charge in [0, 0.05) is 11.8 Å². The van der Waals surface area contributed by atoms with Gasteiger partial charge in [-0.15, -0.1) is 0 Å². The summed E-state index contributed by atoms with van der Waals surface area (Å²) in [7, 11) is 1.65. The van der Waals surface area contributed by atoms with Gasteiger partial charge in [0.1, 0.15) is 12.1 Å². The van der Waals surface area contributed by atoms with E-state index in [1.165, 1.54) is 6.34 Å². The summed E-state index contributed by atoms with van der Waals surface area (Å²) < 4.78 is 5.13. The number of hydrogen-bond acceptors (Lipinski definition) is 3. The molecule has 0 N–H and O–H groups in total. The number of methoxy groups -OCH3 is 1. The van der Waals surface area contributed by atoms with Crippen LogP contribution < -0.4 is 4.74 Å². The molecule has 0 bridgehead atoms. The van der Waals surface area contributed by atoms with Crippen molar-refractivity contribution < 1.29 is 4.74 Å². The number of fused-ring (bicyclic) bond motifs is 1. The van der Waals surface area contributed by atoms with Crippen molar-refractivity contribution in [3.63, 3.8) is 0 Å². The normalized spacial score (nSPS) is 20.1. The van der Waals surface area contributed by atoms with Gasteiger partial charge in [-0.2, -0.15) is 0 Å². The Balaban J connectivity index is 2.49. The van der Waals surface area contributed by atoms with Crippen LogP contribution in [-0.4, -0.2) is 19.7 Å². The average molecular weight is 186 g/mol. The molecule has 0 radical (unpaired) electrons. The molecule has 0 atom stereocenters. The van der Waals surface area contributed by atoms with Crippen LogP contribution in [0, 0.1) is 0 Å². The number of nitrogens with zero attached hydrogens (tertiary/aromatic N) is 2. The Morgan fingerprint density at radius 3 is 3.07 bits per heavy atom. The lowest BCUT2D eigenvalue weighted by atomic mass is 10.1. The minimum atomic E-state index is 0.834. The summed E-state index contributed by atoms with van der Waals surface area (Å²) in [4.78, 5) is 8.13. The van der Waals surface area contributed by atoms with Crippen molar-refractivity contribution in [2.24, 2.45) is 9.98 Å². The summed E-state index contributed by atoms with van der Waals surface area (Å²) in [6.07, 6.45) is 7.07. The predicted octanol–water partition coefficient (Wildman–Crippen LogP) is 2.45. The third-order valence-corrected chi connectivity index (χ3v) is 1.95. The summed E-state index contributed by atoms with van der Waals surface area (Å²) in [6, 6.07) is 5.74. The summed E-state index contributed by atoms with van der Waals surface area (Å²) in [5.74, 6) is 0.834. The highest BCUT2D eigenvalue weighted by molar-refractivity contribution is 5.88. The number of benzene rings is 1. The average Bonchev–Trinajstić information content (AvgIpc) is 2.18. The maximum absolute atomic E-state index is 5.13. The molecule has 14 heavy (non-hydrogen) atoms. The minimum Gasteiger partial charge on any atom is -0.497 e. The molecule has 0 aromatic heterocycles. The monoisotopic (exact) mass is 186 g/mol. The van der Waals surface area contributed by atoms with E-state index in [1.807, 2.05) is 30.4 Å². The third-order valence-electron chi connectivity index (χ3n) is 1.95. The van der Waals surface area contributed by atoms with Gasteiger partial charge in [-0.05, 0) is 24.3 Å². The number of rotatable bonds is 1. The van der Waals surface area contributed by atoms with Crippen molar-refractivity contribution in [2.45, 2.75) is 0 Å². The van der Waals surface area contributed by atoms with Gasteiger partial charge >= 0.3 is 0 Å². The van der Waals surface area contributed by atoms with E-state index in [9.17, 15) is 0 Å². The lowest BCUT2D eigenvalue weighted by Gasteiger charge is -2.04. The second-order valence-electron chi connectivity index (χ2n) is 2.83. The highest BCUT2D eigenvalue weighted by Crippen LogP contribution is 2.25. The molecular formula is C11H10N2O. The Morgan fingerprint density at radius 2 is 2.21 bits per heavy atom. The fraction of sp³-hybridized carbons (Fsp3) is 0.0909. The molecular weight excluding hydrogens is 176 g/mol. The quantitative estimate of drug-likeness (QED) is 0.663. The molecule has 1 aromatic rings. The summed E-state index contributed by atoms with van der Waals surface area (Å²) in [5.41, 5.74) is 1.94. The van der Waals surface area contributed by atoms with Crippen molar-refractivity contribution in [3.8, 4) is 5.75 Å². The Hall–Kier alpha value is -1.90. The molecule has 3 nitrogen and oxygen atoms in total. The Kier molecular flexibility index (Phi) is 2.40. The number of hydrogen-bond donors (Lipinski definition) is 0. The van der Waals surface area contributed by atoms with Gasteiger partial charge < -0.3 is 4.74 Å². The molecule has 1 aliphatic heterocycles. The van der Waals surface area contributed by atoms with Crippen molar-refractivity contribution in [1.29, 1.82) is 0 Å². The first kappa shape index (κ1) is 8.69. The van der Waals surface area contributed by atoms with Crippen LogP contribution >= 0.6 is 0 Å². The van der Waals surface area contributed by atoms with E-state index in [0.29, 0.717) is 0 Å². The van der Waals surface area contributed by atoms with Crippen LogP contribution in [-0.2, 0) is 0 Å². The first-order valence-electron chi connectivity index (χ1n) is 4.30. The van der Waals surface area contributed by atoms with Gasteiger partial charge in [0.05, 0.1) is 12.8 Å². The molecule has 0 spiro atoms. The molecule has 0 unspecified atom stereocenters. The fourth-order valence-electron chi connectivity index (χ4n) is 1.24. The molecule has 70 valence electrons. The summed E-state index contributed by atoms with van der Waals surface area (Å²) >= 11 is 0. The third kappa shape index (κ3) is 1.71. The lowest BCUT2D eigenvalue weighted by Crippen LogP contribution is -1.85. The highest BCUT2D eigenvalue weighted by Gasteiger charge is 2.00. The van der Waals surface area contributed by atoms with Gasteiger partial charge in [-0.3, -0.25) is 0 Å². The van der Waals surface area contributed by atoms with Gasteiger partial charge in [0.15, 0.2) is 0 Å². The van der Waals surface area contributed by atoms with E-state index in [0.717, 1.165) is 17.0 Å². The van der Waals surface area contributed by atoms with Crippen LogP contribution in [0.5, 0.6) is 5.75 Å². The molecule has 2 rings (SSSR count). The molecule has 0 saturated carbocycles. The van der Waals surface area contributed by atoms with Crippen LogP contribution in [0.2, 0.25) is 0 Å². The molecule has 1 heterocycles. The Bertz CT molecular complexity index is 419. The zero-order chi connectivity index (χ0) is 9.80. The van der Waals surface area contributed by atoms with E-state index < -0.39 is 0 Å². The molecule has 3 heteroatoms. The molecule has 0 amide bonds. The van der Waals surface area contributed by atoms with Crippen LogP contribution in [0.3, 0.4) is 0 Å². The maximum Gasteiger partial charge on any atom is 0.119 e. The van der Waals surface area contributed by atoms with E-state index in [-0.39, 0.29) is 0 Å². The number of aliphatic imine (C=N–C) groups is 2. The molecule has 1 aromatic carbocycles. The molecule has 0 saturated heterocycles. The SMILES string of the molecule is COc1ccc2c(c1)\C=C/C=N\C=N/2. The first-order chi connectivity index (χ1) is 6.90. The van der Waals surface area contributed by atoms with E-state index in [1.54, 1.807) is 13.3 Å². The molecule has 1 aliphatic rings. The summed E-state index contributed by atoms with van der Waals surface area (Å²) in [5, 5.41) is 0. The van der Waals surface area contributed by atoms with E-state index in [4.69, 9.17) is 4.74 Å². The van der Waals surface area contributed by atoms with Gasteiger partial charge in [-0.25, -0.2) is 9.98 Å². The Morgan fingerprint density at radius 1 is 1.29 bits per heavy atom. The van der Waals surface area contributed by atoms with Crippen molar-refractivity contribution in [1.82, 2.24) is 0 Å². The highest BCUT2D eigenvalue weighted by atomic mass is 16.5. The first-order valence-corrected chi connectivity index (χ1v) is 4.30. The second-order valence-corrected chi connectivity index (χ2v) is 2.83. The molecule has 0 aliphatic carbocycles. The van der Waals surface area contributed by atoms with Gasteiger partial charge in [0.2, 0.25) is 0 Å². The van der Waals surface area contributed by atoms with E-state index in [2.05, 4.69) is 9.98 Å². The molecule has 0 fully saturated rings. The smallest absolute Gasteiger partial charge is 0.119 e. The second kappa shape index (κ2) is 3.87. The van der Waals surface area contributed by atoms with Crippen molar-refractivity contribution >= 4 is 24.3 Å². The zero-order valence-electron chi connectivity index (χ0n) is 7.84. The van der Waals surface area contributed by atoms with Gasteiger partial charge in [-0.1, -0.05) is 6.08 Å². The van der Waals surface area contributed by atoms with Crippen molar-refractivity contribution in [2.75, 3.05) is 7.11 Å². The summed E-state index contributed by atoms with van der Waals surface area (Å²) in [6.45, 7) is 0. The predicted molar refractivity (Wildman–Crippen MR) is 58.7 cm³/mol. The number of ether oxygens (including phenoxy) is 1. The van der Waals surface area contributed by atoms with Crippen LogP contribution in [0.1, 0.15) is 5.56 Å². The van der Waals surface area contributed by atoms with Crippen LogP contribution in [0.15, 0.2) is 34.3 Å². The fourth-order valence-corrected chi connectivity index (χ4v) is 1.24. The van der Waals surface area contributed by atoms with E-state index >= 15 is 0 Å². The standard InChI is InChI=1S/C11H10N2O/c1-14-10-4-5-11-9(7-10)3-2-6-12-8-13-11/h2-8H,1H3/b3-2-,6-2?,9-3?,12-6-,12-8?,13-8-,13-11?. The lowest BCUT2D eigenvalue weighted by molar-refractivity contribution is 0.415. The topological polar surface area (TPSA) is 34.0 Å². The Labute approximate surface area is 82.5 Å².